The van der Waals surface area contributed by atoms with Crippen molar-refractivity contribution in [2.24, 2.45) is 5.73 Å². The molecule has 0 aliphatic carbocycles. The van der Waals surface area contributed by atoms with E-state index < -0.39 is 0 Å². The number of aromatic nitrogens is 3. The standard InChI is InChI=1S/C19H24N4/c1-3-16(20)13-23-18(10-9-15-7-5-4-6-8-15)22-17-11-14(2)12-21-19(17)23/h4-8,11-12,16H,3,9-10,13,20H2,1-2H3. The van der Waals surface area contributed by atoms with Gasteiger partial charge in [0.2, 0.25) is 0 Å². The molecule has 4 heteroatoms. The number of aryl methyl sites for hydroxylation is 3. The van der Waals surface area contributed by atoms with Gasteiger partial charge >= 0.3 is 0 Å². The molecule has 1 aromatic carbocycles. The van der Waals surface area contributed by atoms with Crippen LogP contribution in [0.3, 0.4) is 0 Å². The molecule has 0 saturated carbocycles. The van der Waals surface area contributed by atoms with Crippen LogP contribution in [-0.4, -0.2) is 20.6 Å². The lowest BCUT2D eigenvalue weighted by Crippen LogP contribution is -2.26. The molecule has 120 valence electrons. The van der Waals surface area contributed by atoms with E-state index >= 15 is 0 Å². The molecule has 2 N–H and O–H groups in total. The lowest BCUT2D eigenvalue weighted by atomic mass is 10.1. The molecule has 1 unspecified atom stereocenters. The first kappa shape index (κ1) is 15.7. The molecule has 23 heavy (non-hydrogen) atoms. The molecule has 0 amide bonds. The van der Waals surface area contributed by atoms with Crippen LogP contribution in [0, 0.1) is 6.92 Å². The molecule has 0 saturated heterocycles. The van der Waals surface area contributed by atoms with Crippen LogP contribution in [-0.2, 0) is 19.4 Å². The molecule has 2 heterocycles. The van der Waals surface area contributed by atoms with Crippen LogP contribution in [0.25, 0.3) is 11.2 Å². The lowest BCUT2D eigenvalue weighted by Gasteiger charge is -2.13. The molecule has 1 atom stereocenters. The Hall–Kier alpha value is -2.20. The van der Waals surface area contributed by atoms with Crippen LogP contribution in [0.1, 0.15) is 30.3 Å². The van der Waals surface area contributed by atoms with Crippen molar-refractivity contribution >= 4 is 11.2 Å². The Morgan fingerprint density at radius 1 is 1.17 bits per heavy atom. The van der Waals surface area contributed by atoms with Crippen LogP contribution in [0.15, 0.2) is 42.6 Å². The van der Waals surface area contributed by atoms with Gasteiger partial charge in [0.1, 0.15) is 11.3 Å². The van der Waals surface area contributed by atoms with Gasteiger partial charge in [-0.1, -0.05) is 37.3 Å². The maximum Gasteiger partial charge on any atom is 0.160 e. The van der Waals surface area contributed by atoms with Crippen molar-refractivity contribution in [3.63, 3.8) is 0 Å². The maximum atomic E-state index is 6.18. The van der Waals surface area contributed by atoms with Crippen LogP contribution in [0.2, 0.25) is 0 Å². The smallest absolute Gasteiger partial charge is 0.160 e. The summed E-state index contributed by atoms with van der Waals surface area (Å²) < 4.78 is 2.20. The quantitative estimate of drug-likeness (QED) is 0.760. The second-order valence-corrected chi connectivity index (χ2v) is 6.15. The second kappa shape index (κ2) is 6.92. The van der Waals surface area contributed by atoms with E-state index in [9.17, 15) is 0 Å². The zero-order valence-electron chi connectivity index (χ0n) is 13.9. The minimum absolute atomic E-state index is 0.131. The van der Waals surface area contributed by atoms with E-state index in [1.807, 2.05) is 19.2 Å². The second-order valence-electron chi connectivity index (χ2n) is 6.15. The van der Waals surface area contributed by atoms with Crippen LogP contribution < -0.4 is 5.73 Å². The summed E-state index contributed by atoms with van der Waals surface area (Å²) in [5.74, 6) is 1.07. The molecule has 3 rings (SSSR count). The monoisotopic (exact) mass is 308 g/mol. The minimum Gasteiger partial charge on any atom is -0.326 e. The lowest BCUT2D eigenvalue weighted by molar-refractivity contribution is 0.529. The largest absolute Gasteiger partial charge is 0.326 e. The number of rotatable bonds is 6. The first-order valence-corrected chi connectivity index (χ1v) is 8.28. The molecule has 0 fully saturated rings. The summed E-state index contributed by atoms with van der Waals surface area (Å²) in [5.41, 5.74) is 10.6. The Morgan fingerprint density at radius 3 is 2.70 bits per heavy atom. The third-order valence-electron chi connectivity index (χ3n) is 4.22. The third-order valence-corrected chi connectivity index (χ3v) is 4.22. The number of hydrogen-bond acceptors (Lipinski definition) is 3. The van der Waals surface area contributed by atoms with Gasteiger partial charge in [-0.15, -0.1) is 0 Å². The summed E-state index contributed by atoms with van der Waals surface area (Å²) in [6.07, 6.45) is 4.73. The number of nitrogens with two attached hydrogens (primary N) is 1. The molecule has 0 bridgehead atoms. The number of benzene rings is 1. The van der Waals surface area contributed by atoms with Crippen molar-refractivity contribution in [3.8, 4) is 0 Å². The Morgan fingerprint density at radius 2 is 1.96 bits per heavy atom. The fourth-order valence-corrected chi connectivity index (χ4v) is 2.81. The molecule has 0 radical (unpaired) electrons. The predicted molar refractivity (Wildman–Crippen MR) is 94.4 cm³/mol. The highest BCUT2D eigenvalue weighted by molar-refractivity contribution is 5.72. The maximum absolute atomic E-state index is 6.18. The van der Waals surface area contributed by atoms with Crippen molar-refractivity contribution < 1.29 is 0 Å². The average Bonchev–Trinajstić information content (AvgIpc) is 2.90. The molecule has 0 aliphatic rings. The van der Waals surface area contributed by atoms with Crippen molar-refractivity contribution in [3.05, 3.63) is 59.5 Å². The van der Waals surface area contributed by atoms with Gasteiger partial charge in [0.25, 0.3) is 0 Å². The molecule has 4 nitrogen and oxygen atoms in total. The van der Waals surface area contributed by atoms with Crippen molar-refractivity contribution in [2.75, 3.05) is 0 Å². The fourth-order valence-electron chi connectivity index (χ4n) is 2.81. The summed E-state index contributed by atoms with van der Waals surface area (Å²) in [7, 11) is 0. The topological polar surface area (TPSA) is 56.7 Å². The van der Waals surface area contributed by atoms with Gasteiger partial charge in [0, 0.05) is 25.2 Å². The summed E-state index contributed by atoms with van der Waals surface area (Å²) in [6.45, 7) is 4.94. The number of pyridine rings is 1. The van der Waals surface area contributed by atoms with E-state index in [1.54, 1.807) is 0 Å². The number of hydrogen-bond donors (Lipinski definition) is 1. The van der Waals surface area contributed by atoms with Crippen LogP contribution >= 0.6 is 0 Å². The van der Waals surface area contributed by atoms with Gasteiger partial charge in [0.15, 0.2) is 5.65 Å². The predicted octanol–water partition coefficient (Wildman–Crippen LogP) is 3.26. The van der Waals surface area contributed by atoms with Gasteiger partial charge in [-0.05, 0) is 37.0 Å². The normalized spacial score (nSPS) is 12.7. The van der Waals surface area contributed by atoms with Crippen molar-refractivity contribution in [2.45, 2.75) is 45.7 Å². The Bertz CT molecular complexity index is 777. The van der Waals surface area contributed by atoms with E-state index in [1.165, 1.54) is 5.56 Å². The highest BCUT2D eigenvalue weighted by Gasteiger charge is 2.14. The fraction of sp³-hybridized carbons (Fsp3) is 0.368. The van der Waals surface area contributed by atoms with E-state index in [0.717, 1.165) is 48.4 Å². The van der Waals surface area contributed by atoms with Gasteiger partial charge in [-0.2, -0.15) is 0 Å². The van der Waals surface area contributed by atoms with Crippen LogP contribution in [0.4, 0.5) is 0 Å². The van der Waals surface area contributed by atoms with Crippen LogP contribution in [0.5, 0.6) is 0 Å². The van der Waals surface area contributed by atoms with Gasteiger partial charge in [-0.25, -0.2) is 9.97 Å². The van der Waals surface area contributed by atoms with E-state index in [2.05, 4.69) is 46.8 Å². The molecule has 0 spiro atoms. The summed E-state index contributed by atoms with van der Waals surface area (Å²) in [5, 5.41) is 0. The zero-order valence-corrected chi connectivity index (χ0v) is 13.9. The third kappa shape index (κ3) is 3.59. The van der Waals surface area contributed by atoms with Gasteiger partial charge < -0.3 is 10.3 Å². The van der Waals surface area contributed by atoms with Gasteiger partial charge in [0.05, 0.1) is 0 Å². The zero-order chi connectivity index (χ0) is 16.2. The number of nitrogens with zero attached hydrogens (tertiary/aromatic N) is 3. The number of imidazole rings is 1. The highest BCUT2D eigenvalue weighted by atomic mass is 15.1. The summed E-state index contributed by atoms with van der Waals surface area (Å²) >= 11 is 0. The first-order valence-electron chi connectivity index (χ1n) is 8.28. The summed E-state index contributed by atoms with van der Waals surface area (Å²) in [4.78, 5) is 9.41. The van der Waals surface area contributed by atoms with Crippen molar-refractivity contribution in [1.82, 2.24) is 14.5 Å². The molecular weight excluding hydrogens is 284 g/mol. The van der Waals surface area contributed by atoms with E-state index in [4.69, 9.17) is 10.7 Å². The minimum atomic E-state index is 0.131. The molecule has 2 aromatic heterocycles. The molecule has 3 aromatic rings. The van der Waals surface area contributed by atoms with Gasteiger partial charge in [-0.3, -0.25) is 0 Å². The SMILES string of the molecule is CCC(N)Cn1c(CCc2ccccc2)nc2cc(C)cnc21. The van der Waals surface area contributed by atoms with Crippen molar-refractivity contribution in [1.29, 1.82) is 0 Å². The average molecular weight is 308 g/mol. The number of fused-ring (bicyclic) bond motifs is 1. The first-order chi connectivity index (χ1) is 11.2. The highest BCUT2D eigenvalue weighted by Crippen LogP contribution is 2.18. The Balaban J connectivity index is 1.92. The molecular formula is C19H24N4. The summed E-state index contributed by atoms with van der Waals surface area (Å²) in [6, 6.07) is 12.8. The molecule has 0 aliphatic heterocycles. The Labute approximate surface area is 137 Å². The van der Waals surface area contributed by atoms with E-state index in [-0.39, 0.29) is 6.04 Å². The Kier molecular flexibility index (Phi) is 4.72. The van der Waals surface area contributed by atoms with E-state index in [0.29, 0.717) is 0 Å².